The number of nitrogens with zero attached hydrogens (tertiary/aromatic N) is 4. The number of hydrogen-bond donors (Lipinski definition) is 2. The van der Waals surface area contributed by atoms with Crippen LogP contribution in [-0.2, 0) is 6.61 Å². The maximum absolute atomic E-state index is 5.92. The first kappa shape index (κ1) is 17.4. The van der Waals surface area contributed by atoms with E-state index in [1.54, 1.807) is 30.9 Å². The Morgan fingerprint density at radius 1 is 0.786 bits per heavy atom. The van der Waals surface area contributed by atoms with E-state index in [0.717, 1.165) is 22.3 Å². The second-order valence-corrected chi connectivity index (χ2v) is 6.14. The summed E-state index contributed by atoms with van der Waals surface area (Å²) in [5.41, 5.74) is 16.3. The Labute approximate surface area is 162 Å². The summed E-state index contributed by atoms with van der Waals surface area (Å²) in [6, 6.07) is 15.5. The first-order chi connectivity index (χ1) is 13.7. The highest BCUT2D eigenvalue weighted by molar-refractivity contribution is 5.68. The normalized spacial score (nSPS) is 10.6. The number of benzene rings is 1. The van der Waals surface area contributed by atoms with Crippen LogP contribution < -0.4 is 16.2 Å². The van der Waals surface area contributed by atoms with Gasteiger partial charge in [-0.1, -0.05) is 24.3 Å². The minimum absolute atomic E-state index is 0.235. The van der Waals surface area contributed by atoms with Crippen molar-refractivity contribution >= 4 is 11.6 Å². The van der Waals surface area contributed by atoms with Crippen LogP contribution in [0.15, 0.2) is 73.3 Å². The fourth-order valence-electron chi connectivity index (χ4n) is 2.74. The first-order valence-electron chi connectivity index (χ1n) is 8.65. The Hall–Kier alpha value is -4.00. The Kier molecular flexibility index (Phi) is 4.79. The van der Waals surface area contributed by atoms with Crippen LogP contribution in [0.3, 0.4) is 0 Å². The number of ether oxygens (including phenoxy) is 1. The van der Waals surface area contributed by atoms with Crippen LogP contribution in [0.1, 0.15) is 5.56 Å². The minimum Gasteiger partial charge on any atom is -0.470 e. The number of nitrogen functional groups attached to an aromatic ring is 2. The molecule has 3 heterocycles. The third kappa shape index (κ3) is 3.88. The molecule has 4 rings (SSSR count). The fourth-order valence-corrected chi connectivity index (χ4v) is 2.74. The van der Waals surface area contributed by atoms with Crippen molar-refractivity contribution in [3.05, 3.63) is 78.9 Å². The summed E-state index contributed by atoms with van der Waals surface area (Å²) in [6.45, 7) is 0.274. The van der Waals surface area contributed by atoms with E-state index < -0.39 is 0 Å². The molecule has 0 saturated heterocycles. The lowest BCUT2D eigenvalue weighted by atomic mass is 10.0. The van der Waals surface area contributed by atoms with E-state index in [-0.39, 0.29) is 18.3 Å². The van der Waals surface area contributed by atoms with E-state index in [1.807, 2.05) is 42.5 Å². The van der Waals surface area contributed by atoms with Gasteiger partial charge in [0.1, 0.15) is 12.4 Å². The largest absolute Gasteiger partial charge is 0.470 e. The summed E-state index contributed by atoms with van der Waals surface area (Å²) in [5.74, 6) is 0.952. The molecule has 7 nitrogen and oxygen atoms in total. The molecule has 0 fully saturated rings. The van der Waals surface area contributed by atoms with Crippen molar-refractivity contribution in [2.75, 3.05) is 11.5 Å². The van der Waals surface area contributed by atoms with Gasteiger partial charge < -0.3 is 16.2 Å². The van der Waals surface area contributed by atoms with Crippen LogP contribution in [0.4, 0.5) is 11.6 Å². The maximum Gasteiger partial charge on any atom is 0.258 e. The Balaban J connectivity index is 1.54. The number of pyridine rings is 2. The van der Waals surface area contributed by atoms with E-state index in [4.69, 9.17) is 16.2 Å². The van der Waals surface area contributed by atoms with Crippen molar-refractivity contribution in [1.82, 2.24) is 19.9 Å². The molecule has 0 saturated carbocycles. The third-order valence-corrected chi connectivity index (χ3v) is 4.18. The van der Waals surface area contributed by atoms with Gasteiger partial charge in [-0.3, -0.25) is 4.98 Å². The van der Waals surface area contributed by atoms with Gasteiger partial charge in [-0.05, 0) is 41.0 Å². The average Bonchev–Trinajstić information content (AvgIpc) is 2.74. The van der Waals surface area contributed by atoms with Gasteiger partial charge in [0.15, 0.2) is 5.82 Å². The maximum atomic E-state index is 5.92. The SMILES string of the molecule is Nc1cc(COc2nc(-c3ccc(-c4ccncc4)cc3)cnc2N)ccn1. The molecule has 0 aliphatic heterocycles. The van der Waals surface area contributed by atoms with Crippen molar-refractivity contribution in [3.8, 4) is 28.3 Å². The standard InChI is InChI=1S/C21H18N6O/c22-19-11-14(5-10-25-19)13-28-21-20(23)26-12-18(27-21)17-3-1-15(2-4-17)16-6-8-24-9-7-16/h1-12H,13H2,(H2,22,25)(H2,23,26). The predicted octanol–water partition coefficient (Wildman–Crippen LogP) is 3.34. The van der Waals surface area contributed by atoms with Gasteiger partial charge in [-0.2, -0.15) is 0 Å². The van der Waals surface area contributed by atoms with Gasteiger partial charge in [-0.15, -0.1) is 0 Å². The van der Waals surface area contributed by atoms with Crippen molar-refractivity contribution in [1.29, 1.82) is 0 Å². The number of anilines is 2. The molecule has 3 aromatic heterocycles. The molecule has 0 atom stereocenters. The summed E-state index contributed by atoms with van der Waals surface area (Å²) < 4.78 is 5.74. The van der Waals surface area contributed by atoms with Gasteiger partial charge in [0.05, 0.1) is 11.9 Å². The number of nitrogens with two attached hydrogens (primary N) is 2. The molecular weight excluding hydrogens is 352 g/mol. The smallest absolute Gasteiger partial charge is 0.258 e. The number of rotatable bonds is 5. The minimum atomic E-state index is 0.235. The molecule has 4 N–H and O–H groups in total. The molecule has 28 heavy (non-hydrogen) atoms. The lowest BCUT2D eigenvalue weighted by Crippen LogP contribution is -2.04. The van der Waals surface area contributed by atoms with Crippen LogP contribution in [0, 0.1) is 0 Å². The zero-order valence-corrected chi connectivity index (χ0v) is 15.0. The summed E-state index contributed by atoms with van der Waals surface area (Å²) >= 11 is 0. The van der Waals surface area contributed by atoms with E-state index in [2.05, 4.69) is 19.9 Å². The Bertz CT molecular complexity index is 1080. The van der Waals surface area contributed by atoms with Gasteiger partial charge in [0.25, 0.3) is 5.88 Å². The van der Waals surface area contributed by atoms with E-state index in [1.165, 1.54) is 0 Å². The van der Waals surface area contributed by atoms with Crippen molar-refractivity contribution in [2.24, 2.45) is 0 Å². The molecule has 0 unspecified atom stereocenters. The van der Waals surface area contributed by atoms with E-state index >= 15 is 0 Å². The average molecular weight is 370 g/mol. The summed E-state index contributed by atoms with van der Waals surface area (Å²) in [7, 11) is 0. The Morgan fingerprint density at radius 2 is 1.50 bits per heavy atom. The fraction of sp³-hybridized carbons (Fsp3) is 0.0476. The molecule has 0 aliphatic carbocycles. The molecule has 4 aromatic rings. The molecule has 0 aliphatic rings. The highest BCUT2D eigenvalue weighted by Crippen LogP contribution is 2.26. The first-order valence-corrected chi connectivity index (χ1v) is 8.65. The van der Waals surface area contributed by atoms with Crippen molar-refractivity contribution < 1.29 is 4.74 Å². The van der Waals surface area contributed by atoms with Gasteiger partial charge >= 0.3 is 0 Å². The second kappa shape index (κ2) is 7.71. The topological polar surface area (TPSA) is 113 Å². The predicted molar refractivity (Wildman–Crippen MR) is 108 cm³/mol. The number of aromatic nitrogens is 4. The van der Waals surface area contributed by atoms with E-state index in [0.29, 0.717) is 11.5 Å². The van der Waals surface area contributed by atoms with Crippen molar-refractivity contribution in [2.45, 2.75) is 6.61 Å². The molecule has 0 spiro atoms. The molecule has 0 bridgehead atoms. The van der Waals surface area contributed by atoms with Crippen LogP contribution >= 0.6 is 0 Å². The lowest BCUT2D eigenvalue weighted by Gasteiger charge is -2.10. The second-order valence-electron chi connectivity index (χ2n) is 6.14. The van der Waals surface area contributed by atoms with E-state index in [9.17, 15) is 0 Å². The molecule has 138 valence electrons. The van der Waals surface area contributed by atoms with Gasteiger partial charge in [0, 0.05) is 24.2 Å². The van der Waals surface area contributed by atoms with Crippen LogP contribution in [0.25, 0.3) is 22.4 Å². The molecule has 7 heteroatoms. The molecule has 0 radical (unpaired) electrons. The molecule has 1 aromatic carbocycles. The Morgan fingerprint density at radius 3 is 2.25 bits per heavy atom. The molecular formula is C21H18N6O. The highest BCUT2D eigenvalue weighted by Gasteiger charge is 2.09. The summed E-state index contributed by atoms with van der Waals surface area (Å²) in [5, 5.41) is 0. The summed E-state index contributed by atoms with van der Waals surface area (Å²) in [6.07, 6.45) is 6.81. The lowest BCUT2D eigenvalue weighted by molar-refractivity contribution is 0.295. The van der Waals surface area contributed by atoms with Crippen LogP contribution in [0.2, 0.25) is 0 Å². The van der Waals surface area contributed by atoms with Crippen LogP contribution in [0.5, 0.6) is 5.88 Å². The van der Waals surface area contributed by atoms with Crippen LogP contribution in [-0.4, -0.2) is 19.9 Å². The highest BCUT2D eigenvalue weighted by atomic mass is 16.5. The quantitative estimate of drug-likeness (QED) is 0.554. The monoisotopic (exact) mass is 370 g/mol. The molecule has 0 amide bonds. The van der Waals surface area contributed by atoms with Crippen molar-refractivity contribution in [3.63, 3.8) is 0 Å². The van der Waals surface area contributed by atoms with Gasteiger partial charge in [0.2, 0.25) is 0 Å². The zero-order valence-electron chi connectivity index (χ0n) is 15.0. The third-order valence-electron chi connectivity index (χ3n) is 4.18. The zero-order chi connectivity index (χ0) is 19.3. The number of hydrogen-bond acceptors (Lipinski definition) is 7. The summed E-state index contributed by atoms with van der Waals surface area (Å²) in [4.78, 5) is 16.7. The van der Waals surface area contributed by atoms with Gasteiger partial charge in [-0.25, -0.2) is 15.0 Å².